The van der Waals surface area contributed by atoms with Crippen LogP contribution < -0.4 is 0 Å². The molecule has 1 saturated heterocycles. The van der Waals surface area contributed by atoms with Crippen LogP contribution in [0.25, 0.3) is 0 Å². The smallest absolute Gasteiger partial charge is 0.259 e. The quantitative estimate of drug-likeness (QED) is 0.738. The van der Waals surface area contributed by atoms with Crippen molar-refractivity contribution >= 4 is 15.9 Å². The van der Waals surface area contributed by atoms with Crippen LogP contribution in [0.1, 0.15) is 57.6 Å². The molecule has 0 aromatic heterocycles. The van der Waals surface area contributed by atoms with Crippen molar-refractivity contribution < 1.29 is 22.7 Å². The van der Waals surface area contributed by atoms with Crippen LogP contribution >= 0.6 is 0 Å². The minimum Gasteiger partial charge on any atom is -0.388 e. The zero-order valence-corrected chi connectivity index (χ0v) is 17.7. The average molecular weight is 422 g/mol. The van der Waals surface area contributed by atoms with Gasteiger partial charge in [-0.15, -0.1) is 0 Å². The Hall–Kier alpha value is -1.73. The molecule has 3 aliphatic rings. The predicted octanol–water partition coefficient (Wildman–Crippen LogP) is 3.56. The van der Waals surface area contributed by atoms with Gasteiger partial charge in [0.1, 0.15) is 5.82 Å². The number of carbonyl (C=O) groups is 1. The fourth-order valence-electron chi connectivity index (χ4n) is 5.94. The molecule has 5 nitrogen and oxygen atoms in total. The SMILES string of the molecule is CC1(C)C2CCC13CS(=O)(=O)N(C(=O)/C=C/CCC(O)c1ccc(F)cc1)C3C2. The molecule has 7 heteroatoms. The minimum absolute atomic E-state index is 0.0665. The lowest BCUT2D eigenvalue weighted by Crippen LogP contribution is -2.43. The summed E-state index contributed by atoms with van der Waals surface area (Å²) in [5.74, 6) is -0.309. The number of hydrogen-bond donors (Lipinski definition) is 1. The number of fused-ring (bicyclic) bond motifs is 1. The number of aliphatic hydroxyl groups is 1. The van der Waals surface area contributed by atoms with Gasteiger partial charge in [0.05, 0.1) is 17.9 Å². The van der Waals surface area contributed by atoms with E-state index >= 15 is 0 Å². The second-order valence-electron chi connectivity index (χ2n) is 9.30. The number of allylic oxidation sites excluding steroid dienone is 1. The van der Waals surface area contributed by atoms with Gasteiger partial charge in [0.2, 0.25) is 10.0 Å². The van der Waals surface area contributed by atoms with Crippen molar-refractivity contribution in [2.45, 2.75) is 58.1 Å². The van der Waals surface area contributed by atoms with Gasteiger partial charge in [-0.1, -0.05) is 32.1 Å². The maximum atomic E-state index is 13.0. The summed E-state index contributed by atoms with van der Waals surface area (Å²) in [5.41, 5.74) is 0.223. The fraction of sp³-hybridized carbons (Fsp3) is 0.591. The van der Waals surface area contributed by atoms with Gasteiger partial charge in [0.25, 0.3) is 5.91 Å². The summed E-state index contributed by atoms with van der Waals surface area (Å²) in [7, 11) is -3.61. The number of amides is 1. The molecule has 2 aliphatic carbocycles. The normalized spacial score (nSPS) is 32.6. The molecule has 158 valence electrons. The van der Waals surface area contributed by atoms with E-state index in [9.17, 15) is 22.7 Å². The largest absolute Gasteiger partial charge is 0.388 e. The van der Waals surface area contributed by atoms with Crippen molar-refractivity contribution in [3.05, 3.63) is 47.8 Å². The van der Waals surface area contributed by atoms with E-state index in [1.807, 2.05) is 0 Å². The van der Waals surface area contributed by atoms with E-state index in [1.165, 1.54) is 30.3 Å². The summed E-state index contributed by atoms with van der Waals surface area (Å²) in [6, 6.07) is 5.42. The fourth-order valence-corrected chi connectivity index (χ4v) is 8.45. The van der Waals surface area contributed by atoms with Gasteiger partial charge in [-0.2, -0.15) is 0 Å². The van der Waals surface area contributed by atoms with Crippen molar-refractivity contribution in [1.82, 2.24) is 4.31 Å². The molecule has 3 fully saturated rings. The lowest BCUT2D eigenvalue weighted by atomic mass is 9.69. The molecule has 1 heterocycles. The molecule has 4 unspecified atom stereocenters. The van der Waals surface area contributed by atoms with Gasteiger partial charge < -0.3 is 5.11 Å². The van der Waals surface area contributed by atoms with E-state index in [0.717, 1.165) is 23.6 Å². The number of aliphatic hydroxyl groups excluding tert-OH is 1. The second kappa shape index (κ2) is 6.91. The third kappa shape index (κ3) is 3.13. The highest BCUT2D eigenvalue weighted by Crippen LogP contribution is 2.69. The molecule has 2 saturated carbocycles. The first-order valence-corrected chi connectivity index (χ1v) is 11.9. The van der Waals surface area contributed by atoms with E-state index < -0.39 is 22.0 Å². The molecule has 4 atom stereocenters. The molecule has 1 aromatic rings. The lowest BCUT2D eigenvalue weighted by molar-refractivity contribution is -0.124. The first kappa shape index (κ1) is 20.5. The molecular formula is C22H28FNO4S. The van der Waals surface area contributed by atoms with Crippen LogP contribution in [0.4, 0.5) is 4.39 Å². The molecule has 2 bridgehead atoms. The highest BCUT2D eigenvalue weighted by molar-refractivity contribution is 7.90. The second-order valence-corrected chi connectivity index (χ2v) is 11.1. The number of carbonyl (C=O) groups excluding carboxylic acids is 1. The standard InChI is InChI=1S/C22H28FNO4S/c1-21(2)16-11-12-22(21)14-29(27,28)24(19(22)13-16)20(26)6-4-3-5-18(25)15-7-9-17(23)10-8-15/h4,6-10,16,18-19,25H,3,5,11-14H2,1-2H3/b6-4+. The monoisotopic (exact) mass is 421 g/mol. The highest BCUT2D eigenvalue weighted by Gasteiger charge is 2.72. The number of nitrogens with zero attached hydrogens (tertiary/aromatic N) is 1. The molecule has 1 aliphatic heterocycles. The molecule has 1 N–H and O–H groups in total. The Balaban J connectivity index is 1.41. The first-order chi connectivity index (χ1) is 13.6. The number of benzene rings is 1. The van der Waals surface area contributed by atoms with Gasteiger partial charge >= 0.3 is 0 Å². The summed E-state index contributed by atoms with van der Waals surface area (Å²) in [6.45, 7) is 4.31. The maximum absolute atomic E-state index is 13.0. The predicted molar refractivity (Wildman–Crippen MR) is 108 cm³/mol. The number of rotatable bonds is 5. The minimum atomic E-state index is -3.61. The molecule has 4 rings (SSSR count). The molecular weight excluding hydrogens is 393 g/mol. The molecule has 29 heavy (non-hydrogen) atoms. The Bertz CT molecular complexity index is 940. The number of sulfonamides is 1. The third-order valence-corrected chi connectivity index (χ3v) is 9.66. The van der Waals surface area contributed by atoms with Crippen LogP contribution in [-0.4, -0.2) is 35.5 Å². The highest BCUT2D eigenvalue weighted by atomic mass is 32.2. The van der Waals surface area contributed by atoms with Crippen LogP contribution in [0.2, 0.25) is 0 Å². The zero-order chi connectivity index (χ0) is 21.0. The van der Waals surface area contributed by atoms with E-state index in [2.05, 4.69) is 13.8 Å². The van der Waals surface area contributed by atoms with Crippen LogP contribution in [-0.2, 0) is 14.8 Å². The molecule has 1 aromatic carbocycles. The van der Waals surface area contributed by atoms with Crippen molar-refractivity contribution in [1.29, 1.82) is 0 Å². The zero-order valence-electron chi connectivity index (χ0n) is 16.8. The Kier molecular flexibility index (Phi) is 4.89. The van der Waals surface area contributed by atoms with Crippen LogP contribution in [0.5, 0.6) is 0 Å². The number of hydrogen-bond acceptors (Lipinski definition) is 4. The van der Waals surface area contributed by atoms with Crippen LogP contribution in [0.15, 0.2) is 36.4 Å². The molecule has 0 radical (unpaired) electrons. The first-order valence-electron chi connectivity index (χ1n) is 10.2. The molecule has 1 spiro atoms. The Morgan fingerprint density at radius 3 is 2.69 bits per heavy atom. The van der Waals surface area contributed by atoms with Gasteiger partial charge in [0.15, 0.2) is 0 Å². The topological polar surface area (TPSA) is 74.7 Å². The number of halogens is 1. The van der Waals surface area contributed by atoms with Crippen LogP contribution in [0.3, 0.4) is 0 Å². The van der Waals surface area contributed by atoms with E-state index in [0.29, 0.717) is 24.3 Å². The average Bonchev–Trinajstić information content (AvgIpc) is 3.13. The Labute approximate surface area is 171 Å². The Morgan fingerprint density at radius 2 is 2.03 bits per heavy atom. The van der Waals surface area contributed by atoms with Gasteiger partial charge in [-0.3, -0.25) is 4.79 Å². The summed E-state index contributed by atoms with van der Waals surface area (Å²) in [4.78, 5) is 12.8. The maximum Gasteiger partial charge on any atom is 0.259 e. The van der Waals surface area contributed by atoms with E-state index in [1.54, 1.807) is 6.08 Å². The lowest BCUT2D eigenvalue weighted by Gasteiger charge is -2.36. The molecule has 1 amide bonds. The Morgan fingerprint density at radius 1 is 1.34 bits per heavy atom. The summed E-state index contributed by atoms with van der Waals surface area (Å²) in [6.07, 6.45) is 5.63. The summed E-state index contributed by atoms with van der Waals surface area (Å²) < 4.78 is 39.8. The van der Waals surface area contributed by atoms with E-state index in [-0.39, 0.29) is 28.4 Å². The van der Waals surface area contributed by atoms with Crippen molar-refractivity contribution in [2.24, 2.45) is 16.7 Å². The van der Waals surface area contributed by atoms with E-state index in [4.69, 9.17) is 0 Å². The summed E-state index contributed by atoms with van der Waals surface area (Å²) in [5, 5.41) is 10.2. The van der Waals surface area contributed by atoms with Gasteiger partial charge in [0, 0.05) is 11.5 Å². The van der Waals surface area contributed by atoms with Crippen LogP contribution in [0, 0.1) is 22.6 Å². The summed E-state index contributed by atoms with van der Waals surface area (Å²) >= 11 is 0. The third-order valence-electron chi connectivity index (χ3n) is 7.75. The van der Waals surface area contributed by atoms with Gasteiger partial charge in [-0.25, -0.2) is 17.1 Å². The van der Waals surface area contributed by atoms with Gasteiger partial charge in [-0.05, 0) is 61.1 Å². The van der Waals surface area contributed by atoms with Crippen molar-refractivity contribution in [3.63, 3.8) is 0 Å². The van der Waals surface area contributed by atoms with Crippen molar-refractivity contribution in [3.8, 4) is 0 Å². The van der Waals surface area contributed by atoms with Crippen molar-refractivity contribution in [2.75, 3.05) is 5.75 Å².